The third-order valence-corrected chi connectivity index (χ3v) is 6.64. The van der Waals surface area contributed by atoms with Crippen LogP contribution in [0, 0.1) is 0 Å². The van der Waals surface area contributed by atoms with Crippen LogP contribution >= 0.6 is 0 Å². The summed E-state index contributed by atoms with van der Waals surface area (Å²) in [5.41, 5.74) is 0. The Morgan fingerprint density at radius 3 is 2.53 bits per heavy atom. The first kappa shape index (κ1) is 21.3. The van der Waals surface area contributed by atoms with Gasteiger partial charge in [0.2, 0.25) is 5.91 Å². The van der Waals surface area contributed by atoms with Crippen LogP contribution in [0.1, 0.15) is 50.8 Å². The largest absolute Gasteiger partial charge is 0.461 e. The minimum atomic E-state index is -0.210. The number of amides is 1. The van der Waals surface area contributed by atoms with Crippen LogP contribution in [0.4, 0.5) is 0 Å². The molecule has 1 amide bonds. The summed E-state index contributed by atoms with van der Waals surface area (Å²) < 4.78 is 12.8. The van der Waals surface area contributed by atoms with Crippen molar-refractivity contribution in [2.45, 2.75) is 70.1 Å². The van der Waals surface area contributed by atoms with E-state index in [-0.39, 0.29) is 24.5 Å². The molecule has 8 nitrogen and oxygen atoms in total. The van der Waals surface area contributed by atoms with Gasteiger partial charge in [0.15, 0.2) is 0 Å². The maximum Gasteiger partial charge on any atom is 0.326 e. The molecule has 3 fully saturated rings. The molecule has 0 radical (unpaired) electrons. The molecule has 3 aliphatic rings. The topological polar surface area (TPSA) is 76.9 Å². The number of carbonyl (C=O) groups is 2. The molecule has 1 aliphatic carbocycles. The van der Waals surface area contributed by atoms with Crippen molar-refractivity contribution in [1.82, 2.24) is 19.4 Å². The van der Waals surface area contributed by atoms with Gasteiger partial charge in [-0.1, -0.05) is 0 Å². The number of aryl methyl sites for hydroxylation is 1. The van der Waals surface area contributed by atoms with Crippen molar-refractivity contribution < 1.29 is 19.1 Å². The molecule has 4 rings (SSSR count). The third kappa shape index (κ3) is 5.60. The van der Waals surface area contributed by atoms with Crippen molar-refractivity contribution in [3.8, 4) is 0 Å². The number of carbonyl (C=O) groups excluding carboxylic acids is 2. The zero-order valence-electron chi connectivity index (χ0n) is 17.8. The second-order valence-corrected chi connectivity index (χ2v) is 8.63. The molecular weight excluding hydrogens is 384 g/mol. The van der Waals surface area contributed by atoms with E-state index in [9.17, 15) is 9.59 Å². The number of aromatic nitrogens is 2. The summed E-state index contributed by atoms with van der Waals surface area (Å²) in [6.07, 6.45) is 10.8. The maximum atomic E-state index is 12.7. The number of likely N-dealkylation sites (tertiary alicyclic amines) is 1. The quantitative estimate of drug-likeness (QED) is 0.627. The van der Waals surface area contributed by atoms with Gasteiger partial charge in [-0.2, -0.15) is 0 Å². The van der Waals surface area contributed by atoms with E-state index in [1.54, 1.807) is 12.4 Å². The van der Waals surface area contributed by atoms with Crippen LogP contribution in [0.2, 0.25) is 0 Å². The van der Waals surface area contributed by atoms with Gasteiger partial charge >= 0.3 is 5.97 Å². The molecule has 0 atom stereocenters. The van der Waals surface area contributed by atoms with E-state index in [4.69, 9.17) is 9.47 Å². The van der Waals surface area contributed by atoms with Gasteiger partial charge in [-0.15, -0.1) is 0 Å². The van der Waals surface area contributed by atoms with Crippen molar-refractivity contribution in [2.75, 3.05) is 39.4 Å². The van der Waals surface area contributed by atoms with Gasteiger partial charge in [0.1, 0.15) is 18.5 Å². The van der Waals surface area contributed by atoms with Gasteiger partial charge in [0, 0.05) is 57.5 Å². The van der Waals surface area contributed by atoms with Gasteiger partial charge < -0.3 is 18.9 Å². The summed E-state index contributed by atoms with van der Waals surface area (Å²) >= 11 is 0. The van der Waals surface area contributed by atoms with Crippen molar-refractivity contribution in [1.29, 1.82) is 0 Å². The van der Waals surface area contributed by atoms with Crippen LogP contribution in [0.15, 0.2) is 12.4 Å². The highest BCUT2D eigenvalue weighted by Gasteiger charge is 2.28. The smallest absolute Gasteiger partial charge is 0.326 e. The first-order valence-corrected chi connectivity index (χ1v) is 11.5. The molecule has 8 heteroatoms. The average molecular weight is 419 g/mol. The number of hydrogen-bond acceptors (Lipinski definition) is 6. The number of rotatable bonds is 7. The van der Waals surface area contributed by atoms with Crippen molar-refractivity contribution in [3.63, 3.8) is 0 Å². The Morgan fingerprint density at radius 1 is 1.07 bits per heavy atom. The normalized spacial score (nSPS) is 21.8. The zero-order valence-corrected chi connectivity index (χ0v) is 17.8. The first-order valence-electron chi connectivity index (χ1n) is 11.5. The summed E-state index contributed by atoms with van der Waals surface area (Å²) in [6, 6.07) is 0.572. The first-order chi connectivity index (χ1) is 14.7. The van der Waals surface area contributed by atoms with E-state index in [2.05, 4.69) is 9.88 Å². The lowest BCUT2D eigenvalue weighted by Gasteiger charge is -2.40. The molecule has 0 aromatic carbocycles. The predicted octanol–water partition coefficient (Wildman–Crippen LogP) is 1.62. The number of imidazole rings is 1. The molecule has 0 N–H and O–H groups in total. The molecule has 2 aliphatic heterocycles. The minimum absolute atomic E-state index is 0.0754. The molecule has 1 aromatic heterocycles. The van der Waals surface area contributed by atoms with Crippen LogP contribution < -0.4 is 0 Å². The number of hydrogen-bond donors (Lipinski definition) is 0. The fourth-order valence-electron chi connectivity index (χ4n) is 4.88. The van der Waals surface area contributed by atoms with Crippen molar-refractivity contribution >= 4 is 11.9 Å². The highest BCUT2D eigenvalue weighted by atomic mass is 16.5. The summed E-state index contributed by atoms with van der Waals surface area (Å²) in [4.78, 5) is 33.8. The molecule has 30 heavy (non-hydrogen) atoms. The molecule has 0 unspecified atom stereocenters. The lowest BCUT2D eigenvalue weighted by Crippen LogP contribution is -2.50. The van der Waals surface area contributed by atoms with E-state index >= 15 is 0 Å². The molecule has 0 bridgehead atoms. The maximum absolute atomic E-state index is 12.7. The summed E-state index contributed by atoms with van der Waals surface area (Å²) in [5, 5.41) is 0. The standard InChI is InChI=1S/C22H34N4O4/c27-21(25-10-7-18(8-11-25)24-13-15-29-16-14-24)6-5-20-23-9-12-26(20)17-22(28)30-19-3-1-2-4-19/h9,12,18-19H,1-8,10-11,13-17H2. The van der Waals surface area contributed by atoms with Gasteiger partial charge in [0.05, 0.1) is 13.2 Å². The zero-order chi connectivity index (χ0) is 20.8. The van der Waals surface area contributed by atoms with Crippen LogP contribution in [0.5, 0.6) is 0 Å². The van der Waals surface area contributed by atoms with E-state index in [0.29, 0.717) is 18.9 Å². The van der Waals surface area contributed by atoms with Gasteiger partial charge in [-0.05, 0) is 38.5 Å². The number of ether oxygens (including phenoxy) is 2. The Balaban J connectivity index is 1.20. The number of piperidine rings is 1. The summed E-state index contributed by atoms with van der Waals surface area (Å²) in [6.45, 7) is 5.46. The van der Waals surface area contributed by atoms with Crippen LogP contribution in [0.25, 0.3) is 0 Å². The Hall–Kier alpha value is -1.93. The molecule has 1 saturated carbocycles. The van der Waals surface area contributed by atoms with Gasteiger partial charge in [0.25, 0.3) is 0 Å². The molecule has 166 valence electrons. The molecule has 1 aromatic rings. The molecular formula is C22H34N4O4. The Morgan fingerprint density at radius 2 is 1.80 bits per heavy atom. The van der Waals surface area contributed by atoms with Crippen molar-refractivity contribution in [2.24, 2.45) is 0 Å². The molecule has 3 heterocycles. The Kier molecular flexibility index (Phi) is 7.38. The lowest BCUT2D eigenvalue weighted by atomic mass is 10.0. The van der Waals surface area contributed by atoms with Crippen molar-refractivity contribution in [3.05, 3.63) is 18.2 Å². The van der Waals surface area contributed by atoms with Crippen LogP contribution in [0.3, 0.4) is 0 Å². The lowest BCUT2D eigenvalue weighted by molar-refractivity contribution is -0.149. The van der Waals surface area contributed by atoms with E-state index in [1.807, 2.05) is 9.47 Å². The third-order valence-electron chi connectivity index (χ3n) is 6.64. The molecule has 2 saturated heterocycles. The average Bonchev–Trinajstić information content (AvgIpc) is 3.45. The number of morpholine rings is 1. The minimum Gasteiger partial charge on any atom is -0.461 e. The van der Waals surface area contributed by atoms with Crippen LogP contribution in [-0.4, -0.2) is 82.8 Å². The number of esters is 1. The van der Waals surface area contributed by atoms with E-state index < -0.39 is 0 Å². The fraction of sp³-hybridized carbons (Fsp3) is 0.773. The second-order valence-electron chi connectivity index (χ2n) is 8.63. The fourth-order valence-corrected chi connectivity index (χ4v) is 4.88. The predicted molar refractivity (Wildman–Crippen MR) is 111 cm³/mol. The van der Waals surface area contributed by atoms with Crippen LogP contribution in [-0.2, 0) is 32.0 Å². The van der Waals surface area contributed by atoms with E-state index in [0.717, 1.165) is 83.7 Å². The van der Waals surface area contributed by atoms with Gasteiger partial charge in [-0.25, -0.2) is 4.98 Å². The highest BCUT2D eigenvalue weighted by molar-refractivity contribution is 5.76. The number of nitrogens with zero attached hydrogens (tertiary/aromatic N) is 4. The van der Waals surface area contributed by atoms with Gasteiger partial charge in [-0.3, -0.25) is 14.5 Å². The SMILES string of the molecule is O=C(Cn1ccnc1CCC(=O)N1CCC(N2CCOCC2)CC1)OC1CCCC1. The Labute approximate surface area is 178 Å². The summed E-state index contributed by atoms with van der Waals surface area (Å²) in [7, 11) is 0. The monoisotopic (exact) mass is 418 g/mol. The summed E-state index contributed by atoms with van der Waals surface area (Å²) in [5.74, 6) is 0.742. The molecule has 0 spiro atoms. The van der Waals surface area contributed by atoms with E-state index in [1.165, 1.54) is 0 Å². The second kappa shape index (κ2) is 10.4. The highest BCUT2D eigenvalue weighted by Crippen LogP contribution is 2.21. The Bertz CT molecular complexity index is 702.